The summed E-state index contributed by atoms with van der Waals surface area (Å²) in [5.41, 5.74) is 4.78. The van der Waals surface area contributed by atoms with Crippen LogP contribution < -0.4 is 10.5 Å². The molecule has 1 aromatic carbocycles. The van der Waals surface area contributed by atoms with Crippen LogP contribution in [0.3, 0.4) is 0 Å². The van der Waals surface area contributed by atoms with Gasteiger partial charge in [0.05, 0.1) is 0 Å². The monoisotopic (exact) mass is 343 g/mol. The largest absolute Gasteiger partial charge is 0.459 e. The molecule has 0 fully saturated rings. The molecule has 2 N–H and O–H groups in total. The zero-order valence-corrected chi connectivity index (χ0v) is 13.3. The lowest BCUT2D eigenvalue weighted by Crippen LogP contribution is -2.39. The van der Waals surface area contributed by atoms with Gasteiger partial charge >= 0.3 is 11.9 Å². The minimum atomic E-state index is -1.13. The molecule has 0 aromatic heterocycles. The maximum Gasteiger partial charge on any atom is 0.327 e. The Morgan fingerprint density at radius 3 is 2.20 bits per heavy atom. The third kappa shape index (κ3) is 5.30. The van der Waals surface area contributed by atoms with Crippen molar-refractivity contribution in [1.82, 2.24) is 0 Å². The number of halogens is 1. The molecule has 6 heteroatoms. The van der Waals surface area contributed by atoms with Crippen molar-refractivity contribution in [3.63, 3.8) is 0 Å². The summed E-state index contributed by atoms with van der Waals surface area (Å²) >= 11 is 3.28. The zero-order valence-electron chi connectivity index (χ0n) is 11.7. The number of benzene rings is 1. The third-order valence-corrected chi connectivity index (χ3v) is 2.77. The molecule has 1 unspecified atom stereocenters. The van der Waals surface area contributed by atoms with Crippen LogP contribution in [-0.4, -0.2) is 24.1 Å². The first-order valence-corrected chi connectivity index (χ1v) is 6.92. The molecule has 0 bridgehead atoms. The van der Waals surface area contributed by atoms with Crippen LogP contribution in [0, 0.1) is 5.92 Å². The summed E-state index contributed by atoms with van der Waals surface area (Å²) < 4.78 is 11.1. The van der Waals surface area contributed by atoms with E-state index in [4.69, 9.17) is 15.2 Å². The average Bonchev–Trinajstić information content (AvgIpc) is 2.30. The van der Waals surface area contributed by atoms with E-state index in [9.17, 15) is 9.59 Å². The summed E-state index contributed by atoms with van der Waals surface area (Å²) in [5.74, 6) is -2.18. The molecule has 20 heavy (non-hydrogen) atoms. The lowest BCUT2D eigenvalue weighted by molar-refractivity contribution is -0.165. The highest BCUT2D eigenvalue weighted by atomic mass is 79.9. The number of rotatable bonds is 4. The van der Waals surface area contributed by atoms with Gasteiger partial charge in [-0.2, -0.15) is 0 Å². The average molecular weight is 344 g/mol. The van der Waals surface area contributed by atoms with Crippen LogP contribution in [0.25, 0.3) is 0 Å². The molecule has 5 nitrogen and oxygen atoms in total. The fourth-order valence-corrected chi connectivity index (χ4v) is 1.62. The van der Waals surface area contributed by atoms with Crippen molar-refractivity contribution in [3.05, 3.63) is 28.7 Å². The van der Waals surface area contributed by atoms with Gasteiger partial charge in [-0.3, -0.25) is 9.59 Å². The molecule has 0 amide bonds. The minimum absolute atomic E-state index is 0.162. The normalized spacial score (nSPS) is 12.7. The van der Waals surface area contributed by atoms with Crippen LogP contribution in [0.15, 0.2) is 28.7 Å². The molecule has 0 spiro atoms. The van der Waals surface area contributed by atoms with Crippen molar-refractivity contribution < 1.29 is 19.1 Å². The van der Waals surface area contributed by atoms with Crippen LogP contribution in [0.2, 0.25) is 0 Å². The van der Waals surface area contributed by atoms with Crippen LogP contribution in [0.5, 0.6) is 5.75 Å². The molecule has 1 rings (SSSR count). The van der Waals surface area contributed by atoms with Gasteiger partial charge in [-0.15, -0.1) is 0 Å². The SMILES string of the molecule is CC(C)(C)OC(=O)C(CN)C(=O)Oc1ccc(Br)cc1. The van der Waals surface area contributed by atoms with Crippen molar-refractivity contribution in [1.29, 1.82) is 0 Å². The summed E-state index contributed by atoms with van der Waals surface area (Å²) in [6.07, 6.45) is 0. The van der Waals surface area contributed by atoms with Crippen molar-refractivity contribution >= 4 is 27.9 Å². The molecule has 0 heterocycles. The standard InChI is InChI=1S/C14H18BrNO4/c1-14(2,3)20-13(18)11(8-16)12(17)19-10-6-4-9(15)5-7-10/h4-7,11H,8,16H2,1-3H3. The van der Waals surface area contributed by atoms with Gasteiger partial charge in [0.15, 0.2) is 5.92 Å². The van der Waals surface area contributed by atoms with Crippen molar-refractivity contribution in [3.8, 4) is 5.75 Å². The molecule has 1 aromatic rings. The number of ether oxygens (including phenoxy) is 2. The summed E-state index contributed by atoms with van der Waals surface area (Å²) in [5, 5.41) is 0. The summed E-state index contributed by atoms with van der Waals surface area (Å²) in [7, 11) is 0. The second-order valence-electron chi connectivity index (χ2n) is 5.20. The first kappa shape index (κ1) is 16.7. The topological polar surface area (TPSA) is 78.6 Å². The van der Waals surface area contributed by atoms with Crippen LogP contribution in [-0.2, 0) is 14.3 Å². The van der Waals surface area contributed by atoms with E-state index in [1.165, 1.54) is 0 Å². The van der Waals surface area contributed by atoms with Gasteiger partial charge in [0.2, 0.25) is 0 Å². The van der Waals surface area contributed by atoms with Crippen LogP contribution in [0.1, 0.15) is 20.8 Å². The lowest BCUT2D eigenvalue weighted by atomic mass is 10.1. The Morgan fingerprint density at radius 2 is 1.75 bits per heavy atom. The first-order valence-electron chi connectivity index (χ1n) is 6.13. The van der Waals surface area contributed by atoms with Gasteiger partial charge in [-0.1, -0.05) is 15.9 Å². The Bertz CT molecular complexity index is 479. The molecular formula is C14H18BrNO4. The van der Waals surface area contributed by atoms with Crippen LogP contribution >= 0.6 is 15.9 Å². The summed E-state index contributed by atoms with van der Waals surface area (Å²) in [4.78, 5) is 23.8. The third-order valence-electron chi connectivity index (χ3n) is 2.24. The predicted octanol–water partition coefficient (Wildman–Crippen LogP) is 2.27. The van der Waals surface area contributed by atoms with E-state index in [2.05, 4.69) is 15.9 Å². The van der Waals surface area contributed by atoms with Crippen LogP contribution in [0.4, 0.5) is 0 Å². The lowest BCUT2D eigenvalue weighted by Gasteiger charge is -2.22. The molecule has 0 radical (unpaired) electrons. The minimum Gasteiger partial charge on any atom is -0.459 e. The van der Waals surface area contributed by atoms with E-state index in [1.807, 2.05) is 0 Å². The summed E-state index contributed by atoms with van der Waals surface area (Å²) in [6, 6.07) is 6.69. The Hall–Kier alpha value is -1.40. The Morgan fingerprint density at radius 1 is 1.20 bits per heavy atom. The molecule has 110 valence electrons. The van der Waals surface area contributed by atoms with Gasteiger partial charge < -0.3 is 15.2 Å². The number of carbonyl (C=O) groups is 2. The molecule has 0 aliphatic carbocycles. The maximum absolute atomic E-state index is 11.9. The van der Waals surface area contributed by atoms with E-state index in [-0.39, 0.29) is 6.54 Å². The number of hydrogen-bond donors (Lipinski definition) is 1. The molecule has 1 atom stereocenters. The number of esters is 2. The van der Waals surface area contributed by atoms with Gasteiger partial charge in [0.25, 0.3) is 0 Å². The van der Waals surface area contributed by atoms with E-state index in [1.54, 1.807) is 45.0 Å². The van der Waals surface area contributed by atoms with E-state index in [0.717, 1.165) is 4.47 Å². The van der Waals surface area contributed by atoms with Gasteiger partial charge in [-0.05, 0) is 45.0 Å². The second-order valence-corrected chi connectivity index (χ2v) is 6.11. The van der Waals surface area contributed by atoms with Gasteiger partial charge in [0, 0.05) is 11.0 Å². The molecule has 0 saturated heterocycles. The Balaban J connectivity index is 2.72. The van der Waals surface area contributed by atoms with Gasteiger partial charge in [0.1, 0.15) is 11.4 Å². The maximum atomic E-state index is 11.9. The smallest absolute Gasteiger partial charge is 0.327 e. The van der Waals surface area contributed by atoms with E-state index >= 15 is 0 Å². The zero-order chi connectivity index (χ0) is 15.3. The number of nitrogens with two attached hydrogens (primary N) is 1. The highest BCUT2D eigenvalue weighted by molar-refractivity contribution is 9.10. The second kappa shape index (κ2) is 6.85. The highest BCUT2D eigenvalue weighted by Gasteiger charge is 2.31. The quantitative estimate of drug-likeness (QED) is 0.515. The number of hydrogen-bond acceptors (Lipinski definition) is 5. The Labute approximate surface area is 126 Å². The predicted molar refractivity (Wildman–Crippen MR) is 78.2 cm³/mol. The van der Waals surface area contributed by atoms with Crippen molar-refractivity contribution in [2.24, 2.45) is 11.7 Å². The van der Waals surface area contributed by atoms with Crippen molar-refractivity contribution in [2.75, 3.05) is 6.54 Å². The van der Waals surface area contributed by atoms with Crippen molar-refractivity contribution in [2.45, 2.75) is 26.4 Å². The fraction of sp³-hybridized carbons (Fsp3) is 0.429. The summed E-state index contributed by atoms with van der Waals surface area (Å²) in [6.45, 7) is 5.00. The highest BCUT2D eigenvalue weighted by Crippen LogP contribution is 2.18. The van der Waals surface area contributed by atoms with Gasteiger partial charge in [-0.25, -0.2) is 0 Å². The number of carbonyl (C=O) groups excluding carboxylic acids is 2. The Kier molecular flexibility index (Phi) is 5.71. The molecular weight excluding hydrogens is 326 g/mol. The molecule has 0 aliphatic heterocycles. The molecule has 0 aliphatic rings. The first-order chi connectivity index (χ1) is 9.23. The molecule has 0 saturated carbocycles. The fourth-order valence-electron chi connectivity index (χ4n) is 1.35. The van der Waals surface area contributed by atoms with E-state index < -0.39 is 23.5 Å². The van der Waals surface area contributed by atoms with E-state index in [0.29, 0.717) is 5.75 Å².